The minimum Gasteiger partial charge on any atom is -0.347 e. The first kappa shape index (κ1) is 16.9. The van der Waals surface area contributed by atoms with E-state index in [9.17, 15) is 9.59 Å². The van der Waals surface area contributed by atoms with Gasteiger partial charge in [0.25, 0.3) is 0 Å². The minimum absolute atomic E-state index is 0.0396. The average molecular weight is 316 g/mol. The molecule has 0 aliphatic carbocycles. The molecule has 2 rings (SSSR count). The summed E-state index contributed by atoms with van der Waals surface area (Å²) in [5.41, 5.74) is 1.70. The van der Waals surface area contributed by atoms with E-state index in [1.54, 1.807) is 19.0 Å². The van der Waals surface area contributed by atoms with Crippen LogP contribution in [0.4, 0.5) is 10.5 Å². The third-order valence-electron chi connectivity index (χ3n) is 3.50. The molecule has 3 amide bonds. The van der Waals surface area contributed by atoms with Gasteiger partial charge in [-0.2, -0.15) is 0 Å². The molecule has 1 heterocycles. The third kappa shape index (κ3) is 4.48. The Morgan fingerprint density at radius 1 is 1.22 bits per heavy atom. The van der Waals surface area contributed by atoms with Gasteiger partial charge in [0.2, 0.25) is 5.91 Å². The molecule has 6 nitrogen and oxygen atoms in total. The number of carbonyl (C=O) groups excluding carboxylic acids is 2. The van der Waals surface area contributed by atoms with Crippen LogP contribution in [-0.4, -0.2) is 42.0 Å². The summed E-state index contributed by atoms with van der Waals surface area (Å²) in [5.74, 6) is 0.448. The molecule has 6 heteroatoms. The van der Waals surface area contributed by atoms with Crippen LogP contribution in [0.3, 0.4) is 0 Å². The van der Waals surface area contributed by atoms with Gasteiger partial charge in [-0.15, -0.1) is 0 Å². The summed E-state index contributed by atoms with van der Waals surface area (Å²) in [6.07, 6.45) is 1.88. The molecule has 23 heavy (non-hydrogen) atoms. The average Bonchev–Trinajstić information content (AvgIpc) is 2.87. The maximum atomic E-state index is 11.8. The molecular weight excluding hydrogens is 292 g/mol. The summed E-state index contributed by atoms with van der Waals surface area (Å²) in [6.45, 7) is 5.03. The standard InChI is InChI=1S/C17H24N4O2/c1-12(2)10-18-17(23)19-14-5-6-15-13(9-14)7-8-21(15)11-16(22)20(3)4/h5-9,12H,10-11H2,1-4H3,(H2,18,19,23). The third-order valence-corrected chi connectivity index (χ3v) is 3.50. The van der Waals surface area contributed by atoms with Crippen molar-refractivity contribution in [1.82, 2.24) is 14.8 Å². The number of anilines is 1. The Morgan fingerprint density at radius 3 is 2.61 bits per heavy atom. The zero-order chi connectivity index (χ0) is 17.0. The fourth-order valence-electron chi connectivity index (χ4n) is 2.18. The number of aromatic nitrogens is 1. The normalized spacial score (nSPS) is 10.8. The lowest BCUT2D eigenvalue weighted by Crippen LogP contribution is -2.31. The van der Waals surface area contributed by atoms with Gasteiger partial charge in [-0.1, -0.05) is 13.8 Å². The topological polar surface area (TPSA) is 66.4 Å². The van der Waals surface area contributed by atoms with Gasteiger partial charge in [-0.3, -0.25) is 4.79 Å². The monoisotopic (exact) mass is 316 g/mol. The summed E-state index contributed by atoms with van der Waals surface area (Å²) in [4.78, 5) is 25.2. The predicted octanol–water partition coefficient (Wildman–Crippen LogP) is 2.51. The molecular formula is C17H24N4O2. The second-order valence-corrected chi connectivity index (χ2v) is 6.23. The van der Waals surface area contributed by atoms with Gasteiger partial charge in [-0.05, 0) is 30.2 Å². The second-order valence-electron chi connectivity index (χ2n) is 6.23. The smallest absolute Gasteiger partial charge is 0.319 e. The number of hydrogen-bond acceptors (Lipinski definition) is 2. The molecule has 0 spiro atoms. The molecule has 2 N–H and O–H groups in total. The Morgan fingerprint density at radius 2 is 1.96 bits per heavy atom. The van der Waals surface area contributed by atoms with Gasteiger partial charge in [0, 0.05) is 43.4 Å². The van der Waals surface area contributed by atoms with Gasteiger partial charge in [0.1, 0.15) is 6.54 Å². The van der Waals surface area contributed by atoms with Crippen molar-refractivity contribution < 1.29 is 9.59 Å². The SMILES string of the molecule is CC(C)CNC(=O)Nc1ccc2c(ccn2CC(=O)N(C)C)c1. The molecule has 124 valence electrons. The quantitative estimate of drug-likeness (QED) is 0.890. The van der Waals surface area contributed by atoms with E-state index in [0.717, 1.165) is 16.6 Å². The van der Waals surface area contributed by atoms with Crippen molar-refractivity contribution >= 4 is 28.5 Å². The molecule has 0 aliphatic rings. The van der Waals surface area contributed by atoms with E-state index < -0.39 is 0 Å². The van der Waals surface area contributed by atoms with E-state index in [2.05, 4.69) is 10.6 Å². The van der Waals surface area contributed by atoms with Crippen molar-refractivity contribution in [3.05, 3.63) is 30.5 Å². The molecule has 0 atom stereocenters. The Kier molecular flexibility index (Phi) is 5.26. The molecule has 2 aromatic rings. The highest BCUT2D eigenvalue weighted by atomic mass is 16.2. The molecule has 0 bridgehead atoms. The first-order valence-electron chi connectivity index (χ1n) is 7.70. The van der Waals surface area contributed by atoms with Crippen LogP contribution in [0.25, 0.3) is 10.9 Å². The van der Waals surface area contributed by atoms with Crippen molar-refractivity contribution in [3.63, 3.8) is 0 Å². The largest absolute Gasteiger partial charge is 0.347 e. The van der Waals surface area contributed by atoms with Gasteiger partial charge in [0.05, 0.1) is 0 Å². The van der Waals surface area contributed by atoms with E-state index >= 15 is 0 Å². The summed E-state index contributed by atoms with van der Waals surface area (Å²) < 4.78 is 1.90. The first-order valence-corrected chi connectivity index (χ1v) is 7.70. The molecule has 0 fully saturated rings. The van der Waals surface area contributed by atoms with Crippen LogP contribution in [0.2, 0.25) is 0 Å². The molecule has 0 radical (unpaired) electrons. The van der Waals surface area contributed by atoms with Gasteiger partial charge in [-0.25, -0.2) is 4.79 Å². The van der Waals surface area contributed by atoms with Crippen LogP contribution < -0.4 is 10.6 Å². The van der Waals surface area contributed by atoms with Crippen molar-refractivity contribution in [2.24, 2.45) is 5.92 Å². The van der Waals surface area contributed by atoms with E-state index in [-0.39, 0.29) is 11.9 Å². The number of urea groups is 1. The van der Waals surface area contributed by atoms with E-state index in [1.807, 2.05) is 48.9 Å². The number of benzene rings is 1. The maximum Gasteiger partial charge on any atom is 0.319 e. The maximum absolute atomic E-state index is 11.8. The van der Waals surface area contributed by atoms with Crippen molar-refractivity contribution in [1.29, 1.82) is 0 Å². The summed E-state index contributed by atoms with van der Waals surface area (Å²) in [6, 6.07) is 7.39. The Bertz CT molecular complexity index is 704. The summed E-state index contributed by atoms with van der Waals surface area (Å²) in [7, 11) is 3.48. The van der Waals surface area contributed by atoms with Crippen molar-refractivity contribution in [2.75, 3.05) is 26.0 Å². The second kappa shape index (κ2) is 7.17. The lowest BCUT2D eigenvalue weighted by molar-refractivity contribution is -0.129. The number of rotatable bonds is 5. The zero-order valence-electron chi connectivity index (χ0n) is 14.1. The number of hydrogen-bond donors (Lipinski definition) is 2. The van der Waals surface area contributed by atoms with E-state index in [4.69, 9.17) is 0 Å². The van der Waals surface area contributed by atoms with Gasteiger partial charge in [0.15, 0.2) is 0 Å². The minimum atomic E-state index is -0.208. The number of amides is 3. The van der Waals surface area contributed by atoms with Crippen LogP contribution in [0.1, 0.15) is 13.8 Å². The van der Waals surface area contributed by atoms with E-state index in [1.165, 1.54) is 0 Å². The van der Waals surface area contributed by atoms with E-state index in [0.29, 0.717) is 19.0 Å². The Labute approximate surface area is 136 Å². The van der Waals surface area contributed by atoms with Crippen molar-refractivity contribution in [3.8, 4) is 0 Å². The fraction of sp³-hybridized carbons (Fsp3) is 0.412. The van der Waals surface area contributed by atoms with Gasteiger partial charge >= 0.3 is 6.03 Å². The molecule has 1 aromatic carbocycles. The number of likely N-dealkylation sites (N-methyl/N-ethyl adjacent to an activating group) is 1. The first-order chi connectivity index (χ1) is 10.9. The molecule has 0 aliphatic heterocycles. The molecule has 0 saturated carbocycles. The molecule has 0 saturated heterocycles. The fourth-order valence-corrected chi connectivity index (χ4v) is 2.18. The lowest BCUT2D eigenvalue weighted by Gasteiger charge is -2.12. The number of fused-ring (bicyclic) bond motifs is 1. The summed E-state index contributed by atoms with van der Waals surface area (Å²) >= 11 is 0. The summed E-state index contributed by atoms with van der Waals surface area (Å²) in [5, 5.41) is 6.62. The highest BCUT2D eigenvalue weighted by Gasteiger charge is 2.09. The number of carbonyl (C=O) groups is 2. The van der Waals surface area contributed by atoms with Crippen LogP contribution in [0.15, 0.2) is 30.5 Å². The van der Waals surface area contributed by atoms with Crippen LogP contribution in [-0.2, 0) is 11.3 Å². The van der Waals surface area contributed by atoms with Crippen LogP contribution in [0, 0.1) is 5.92 Å². The van der Waals surface area contributed by atoms with Crippen LogP contribution in [0.5, 0.6) is 0 Å². The van der Waals surface area contributed by atoms with Gasteiger partial charge < -0.3 is 20.1 Å². The Balaban J connectivity index is 2.08. The predicted molar refractivity (Wildman–Crippen MR) is 92.5 cm³/mol. The highest BCUT2D eigenvalue weighted by molar-refractivity contribution is 5.93. The number of nitrogens with one attached hydrogen (secondary N) is 2. The molecule has 1 aromatic heterocycles. The van der Waals surface area contributed by atoms with Crippen molar-refractivity contribution in [2.45, 2.75) is 20.4 Å². The zero-order valence-corrected chi connectivity index (χ0v) is 14.1. The number of nitrogens with zero attached hydrogens (tertiary/aromatic N) is 2. The van der Waals surface area contributed by atoms with Crippen LogP contribution >= 0.6 is 0 Å². The highest BCUT2D eigenvalue weighted by Crippen LogP contribution is 2.20. The lowest BCUT2D eigenvalue weighted by atomic mass is 10.2. The Hall–Kier alpha value is -2.50. The molecule has 0 unspecified atom stereocenters.